The predicted molar refractivity (Wildman–Crippen MR) is 93.9 cm³/mol. The van der Waals surface area contributed by atoms with Crippen LogP contribution in [0.4, 0.5) is 5.69 Å². The standard InChI is InChI=1S/C19H20N2O4/c20-18(22)12-25-17-5-1-4-16-15(17)3-2-10-21(16)11-13-6-8-14(9-7-13)19(23)24/h1,4-9H,2-3,10-12H2,(H2,20,22)(H,23,24). The molecular formula is C19H20N2O4. The summed E-state index contributed by atoms with van der Waals surface area (Å²) >= 11 is 0. The predicted octanol–water partition coefficient (Wildman–Crippen LogP) is 2.20. The zero-order valence-corrected chi connectivity index (χ0v) is 13.8. The number of primary amides is 1. The van der Waals surface area contributed by atoms with Crippen LogP contribution in [0, 0.1) is 0 Å². The minimum atomic E-state index is -0.925. The first-order chi connectivity index (χ1) is 12.0. The van der Waals surface area contributed by atoms with Gasteiger partial charge >= 0.3 is 5.97 Å². The summed E-state index contributed by atoms with van der Waals surface area (Å²) in [6, 6.07) is 12.7. The summed E-state index contributed by atoms with van der Waals surface area (Å²) in [5.41, 5.74) is 8.65. The molecule has 1 aliphatic rings. The van der Waals surface area contributed by atoms with Crippen molar-refractivity contribution in [3.05, 3.63) is 59.2 Å². The number of hydrogen-bond acceptors (Lipinski definition) is 4. The summed E-state index contributed by atoms with van der Waals surface area (Å²) in [6.45, 7) is 1.46. The van der Waals surface area contributed by atoms with Crippen molar-refractivity contribution < 1.29 is 19.4 Å². The van der Waals surface area contributed by atoms with Gasteiger partial charge in [0.1, 0.15) is 5.75 Å². The van der Waals surface area contributed by atoms with E-state index in [1.165, 1.54) is 0 Å². The molecule has 3 N–H and O–H groups in total. The summed E-state index contributed by atoms with van der Waals surface area (Å²) < 4.78 is 5.54. The van der Waals surface area contributed by atoms with Gasteiger partial charge in [-0.15, -0.1) is 0 Å². The first-order valence-corrected chi connectivity index (χ1v) is 8.15. The normalized spacial score (nSPS) is 13.2. The van der Waals surface area contributed by atoms with E-state index >= 15 is 0 Å². The zero-order valence-electron chi connectivity index (χ0n) is 13.8. The first kappa shape index (κ1) is 16.8. The third kappa shape index (κ3) is 3.91. The zero-order chi connectivity index (χ0) is 17.8. The molecule has 6 heteroatoms. The van der Waals surface area contributed by atoms with E-state index in [1.807, 2.05) is 30.3 Å². The number of nitrogens with zero attached hydrogens (tertiary/aromatic N) is 1. The average Bonchev–Trinajstić information content (AvgIpc) is 2.60. The molecule has 0 bridgehead atoms. The molecular weight excluding hydrogens is 320 g/mol. The number of carbonyl (C=O) groups excluding carboxylic acids is 1. The van der Waals surface area contributed by atoms with Crippen molar-refractivity contribution in [2.75, 3.05) is 18.1 Å². The molecule has 2 aromatic rings. The fraction of sp³-hybridized carbons (Fsp3) is 0.263. The summed E-state index contributed by atoms with van der Waals surface area (Å²) in [4.78, 5) is 24.2. The molecule has 0 fully saturated rings. The van der Waals surface area contributed by atoms with Gasteiger partial charge in [-0.3, -0.25) is 4.79 Å². The second-order valence-electron chi connectivity index (χ2n) is 6.04. The fourth-order valence-corrected chi connectivity index (χ4v) is 3.09. The van der Waals surface area contributed by atoms with Gasteiger partial charge in [0.15, 0.2) is 6.61 Å². The van der Waals surface area contributed by atoms with Gasteiger partial charge in [0.25, 0.3) is 5.91 Å². The van der Waals surface area contributed by atoms with Crippen molar-refractivity contribution >= 4 is 17.6 Å². The lowest BCUT2D eigenvalue weighted by atomic mass is 9.99. The summed E-state index contributed by atoms with van der Waals surface area (Å²) in [7, 11) is 0. The Hall–Kier alpha value is -3.02. The third-order valence-electron chi connectivity index (χ3n) is 4.25. The first-order valence-electron chi connectivity index (χ1n) is 8.15. The number of ether oxygens (including phenoxy) is 1. The summed E-state index contributed by atoms with van der Waals surface area (Å²) in [6.07, 6.45) is 1.87. The SMILES string of the molecule is NC(=O)COc1cccc2c1CCCN2Cc1ccc(C(=O)O)cc1. The minimum absolute atomic E-state index is 0.132. The molecule has 2 aromatic carbocycles. The van der Waals surface area contributed by atoms with Gasteiger partial charge in [-0.2, -0.15) is 0 Å². The van der Waals surface area contributed by atoms with E-state index in [0.29, 0.717) is 12.3 Å². The highest BCUT2D eigenvalue weighted by atomic mass is 16.5. The minimum Gasteiger partial charge on any atom is -0.483 e. The molecule has 0 saturated heterocycles. The lowest BCUT2D eigenvalue weighted by Gasteiger charge is -2.32. The van der Waals surface area contributed by atoms with Crippen molar-refractivity contribution in [2.45, 2.75) is 19.4 Å². The second-order valence-corrected chi connectivity index (χ2v) is 6.04. The van der Waals surface area contributed by atoms with Crippen molar-refractivity contribution in [3.8, 4) is 5.75 Å². The molecule has 25 heavy (non-hydrogen) atoms. The van der Waals surface area contributed by atoms with Gasteiger partial charge in [-0.05, 0) is 42.7 Å². The largest absolute Gasteiger partial charge is 0.483 e. The molecule has 0 aliphatic carbocycles. The molecule has 1 heterocycles. The Morgan fingerprint density at radius 3 is 2.60 bits per heavy atom. The fourth-order valence-electron chi connectivity index (χ4n) is 3.09. The average molecular weight is 340 g/mol. The maximum Gasteiger partial charge on any atom is 0.335 e. The third-order valence-corrected chi connectivity index (χ3v) is 4.25. The van der Waals surface area contributed by atoms with E-state index in [9.17, 15) is 9.59 Å². The van der Waals surface area contributed by atoms with E-state index < -0.39 is 11.9 Å². The van der Waals surface area contributed by atoms with Gasteiger partial charge < -0.3 is 20.5 Å². The van der Waals surface area contributed by atoms with E-state index in [1.54, 1.807) is 12.1 Å². The van der Waals surface area contributed by atoms with Crippen LogP contribution in [0.5, 0.6) is 5.75 Å². The van der Waals surface area contributed by atoms with Gasteiger partial charge in [0.05, 0.1) is 5.56 Å². The van der Waals surface area contributed by atoms with Gasteiger partial charge in [0.2, 0.25) is 0 Å². The number of rotatable bonds is 6. The Balaban J connectivity index is 1.80. The van der Waals surface area contributed by atoms with Crippen LogP contribution in [0.15, 0.2) is 42.5 Å². The number of carbonyl (C=O) groups is 2. The number of aromatic carboxylic acids is 1. The van der Waals surface area contributed by atoms with E-state index in [2.05, 4.69) is 4.90 Å². The number of benzene rings is 2. The van der Waals surface area contributed by atoms with Crippen LogP contribution in [0.2, 0.25) is 0 Å². The van der Waals surface area contributed by atoms with Gasteiger partial charge in [-0.1, -0.05) is 18.2 Å². The van der Waals surface area contributed by atoms with E-state index in [4.69, 9.17) is 15.6 Å². The molecule has 6 nitrogen and oxygen atoms in total. The number of nitrogens with two attached hydrogens (primary N) is 1. The van der Waals surface area contributed by atoms with Crippen molar-refractivity contribution in [1.82, 2.24) is 0 Å². The molecule has 0 aromatic heterocycles. The van der Waals surface area contributed by atoms with Gasteiger partial charge in [0, 0.05) is 24.3 Å². The molecule has 0 spiro atoms. The van der Waals surface area contributed by atoms with E-state index in [0.717, 1.165) is 36.2 Å². The highest BCUT2D eigenvalue weighted by Crippen LogP contribution is 2.35. The lowest BCUT2D eigenvalue weighted by molar-refractivity contribution is -0.119. The molecule has 1 aliphatic heterocycles. The Morgan fingerprint density at radius 2 is 1.92 bits per heavy atom. The van der Waals surface area contributed by atoms with Crippen LogP contribution >= 0.6 is 0 Å². The topological polar surface area (TPSA) is 92.9 Å². The van der Waals surface area contributed by atoms with Crippen LogP contribution in [0.3, 0.4) is 0 Å². The van der Waals surface area contributed by atoms with Crippen LogP contribution in [0.1, 0.15) is 27.9 Å². The molecule has 3 rings (SSSR count). The Kier molecular flexibility index (Phi) is 4.88. The Bertz CT molecular complexity index is 787. The Labute approximate surface area is 145 Å². The molecule has 0 atom stereocenters. The van der Waals surface area contributed by atoms with Crippen LogP contribution < -0.4 is 15.4 Å². The number of anilines is 1. The number of carboxylic acid groups (broad SMARTS) is 1. The van der Waals surface area contributed by atoms with Gasteiger partial charge in [-0.25, -0.2) is 4.79 Å². The van der Waals surface area contributed by atoms with Crippen LogP contribution in [-0.4, -0.2) is 30.1 Å². The number of hydrogen-bond donors (Lipinski definition) is 2. The van der Waals surface area contributed by atoms with E-state index in [-0.39, 0.29) is 12.2 Å². The highest BCUT2D eigenvalue weighted by molar-refractivity contribution is 5.87. The Morgan fingerprint density at radius 1 is 1.16 bits per heavy atom. The molecule has 130 valence electrons. The molecule has 1 amide bonds. The highest BCUT2D eigenvalue weighted by Gasteiger charge is 2.20. The molecule has 0 unspecified atom stereocenters. The van der Waals surface area contributed by atoms with Crippen molar-refractivity contribution in [1.29, 1.82) is 0 Å². The quantitative estimate of drug-likeness (QED) is 0.841. The maximum absolute atomic E-state index is 11.0. The second kappa shape index (κ2) is 7.25. The smallest absolute Gasteiger partial charge is 0.335 e. The lowest BCUT2D eigenvalue weighted by Crippen LogP contribution is -2.29. The van der Waals surface area contributed by atoms with Crippen molar-refractivity contribution in [3.63, 3.8) is 0 Å². The summed E-state index contributed by atoms with van der Waals surface area (Å²) in [5, 5.41) is 8.99. The van der Waals surface area contributed by atoms with Crippen LogP contribution in [0.25, 0.3) is 0 Å². The number of fused-ring (bicyclic) bond motifs is 1. The van der Waals surface area contributed by atoms with Crippen LogP contribution in [-0.2, 0) is 17.8 Å². The van der Waals surface area contributed by atoms with Crippen molar-refractivity contribution in [2.24, 2.45) is 5.73 Å². The number of amides is 1. The molecule has 0 saturated carbocycles. The summed E-state index contributed by atoms with van der Waals surface area (Å²) in [5.74, 6) is -0.725. The monoisotopic (exact) mass is 340 g/mol. The molecule has 0 radical (unpaired) electrons. The maximum atomic E-state index is 11.0. The number of carboxylic acids is 1.